The predicted octanol–water partition coefficient (Wildman–Crippen LogP) is 3.69. The van der Waals surface area contributed by atoms with E-state index in [-0.39, 0.29) is 30.0 Å². The fourth-order valence-electron chi connectivity index (χ4n) is 4.74. The average molecular weight is 459 g/mol. The Labute approximate surface area is 201 Å². The Balaban J connectivity index is 1.63. The molecule has 7 heteroatoms. The van der Waals surface area contributed by atoms with Gasteiger partial charge in [-0.25, -0.2) is 4.39 Å². The van der Waals surface area contributed by atoms with Crippen molar-refractivity contribution in [1.29, 1.82) is 0 Å². The number of ether oxygens (including phenoxy) is 2. The molecule has 1 aliphatic rings. The molecule has 0 saturated heterocycles. The van der Waals surface area contributed by atoms with Crippen molar-refractivity contribution < 1.29 is 18.7 Å². The number of carbonyl (C=O) groups is 1. The zero-order valence-corrected chi connectivity index (χ0v) is 20.0. The Hall–Kier alpha value is -3.48. The monoisotopic (exact) mass is 459 g/mol. The van der Waals surface area contributed by atoms with Crippen LogP contribution in [-0.2, 0) is 18.4 Å². The largest absolute Gasteiger partial charge is 0.497 e. The highest BCUT2D eigenvalue weighted by molar-refractivity contribution is 6.36. The van der Waals surface area contributed by atoms with Crippen LogP contribution in [0.1, 0.15) is 41.6 Å². The predicted molar refractivity (Wildman–Crippen MR) is 134 cm³/mol. The first kappa shape index (κ1) is 23.7. The smallest absolute Gasteiger partial charge is 0.220 e. The molecule has 34 heavy (non-hydrogen) atoms. The van der Waals surface area contributed by atoms with E-state index in [1.54, 1.807) is 26.4 Å². The molecule has 2 unspecified atom stereocenters. The highest BCUT2D eigenvalue weighted by Gasteiger charge is 2.35. The lowest BCUT2D eigenvalue weighted by molar-refractivity contribution is -0.121. The lowest BCUT2D eigenvalue weighted by Gasteiger charge is -2.18. The van der Waals surface area contributed by atoms with Gasteiger partial charge in [-0.1, -0.05) is 19.1 Å². The van der Waals surface area contributed by atoms with Gasteiger partial charge in [-0.3, -0.25) is 4.79 Å². The van der Waals surface area contributed by atoms with Crippen LogP contribution in [0, 0.1) is 11.7 Å². The van der Waals surface area contributed by atoms with Gasteiger partial charge in [0.05, 0.1) is 20.8 Å². The number of methoxy groups -OCH3 is 2. The molecule has 0 saturated carbocycles. The number of nitrogens with zero attached hydrogens (tertiary/aromatic N) is 1. The molecule has 2 aromatic carbocycles. The molecule has 0 spiro atoms. The minimum absolute atomic E-state index is 0.0222. The van der Waals surface area contributed by atoms with Crippen LogP contribution in [0.4, 0.5) is 4.39 Å². The van der Waals surface area contributed by atoms with Crippen LogP contribution < -0.4 is 20.3 Å². The summed E-state index contributed by atoms with van der Waals surface area (Å²) >= 11 is 0. The van der Waals surface area contributed by atoms with Gasteiger partial charge in [0.15, 0.2) is 0 Å². The summed E-state index contributed by atoms with van der Waals surface area (Å²) in [5, 5.41) is 3.01. The van der Waals surface area contributed by atoms with Crippen LogP contribution in [0.2, 0.25) is 0 Å². The number of hydrogen-bond donors (Lipinski definition) is 1. The van der Waals surface area contributed by atoms with Crippen LogP contribution in [0.15, 0.2) is 48.7 Å². The number of rotatable bonds is 7. The molecule has 175 valence electrons. The minimum Gasteiger partial charge on any atom is -0.497 e. The number of hydrogen-bond acceptors (Lipinski definition) is 3. The number of aromatic nitrogens is 1. The number of nitrogens with one attached hydrogen (secondary N) is 1. The Bertz CT molecular complexity index is 1230. The second-order valence-corrected chi connectivity index (χ2v) is 8.72. The number of amides is 1. The molecule has 0 aliphatic heterocycles. The second-order valence-electron chi connectivity index (χ2n) is 8.72. The van der Waals surface area contributed by atoms with Gasteiger partial charge in [0.2, 0.25) is 5.91 Å². The van der Waals surface area contributed by atoms with E-state index in [1.807, 2.05) is 42.1 Å². The van der Waals surface area contributed by atoms with Crippen LogP contribution in [0.25, 0.3) is 11.6 Å². The van der Waals surface area contributed by atoms with Crippen molar-refractivity contribution in [3.8, 4) is 11.5 Å². The molecule has 0 fully saturated rings. The van der Waals surface area contributed by atoms with Crippen LogP contribution in [0.3, 0.4) is 0 Å². The van der Waals surface area contributed by atoms with E-state index in [4.69, 9.17) is 9.47 Å². The zero-order valence-electron chi connectivity index (χ0n) is 20.0. The maximum atomic E-state index is 14.2. The van der Waals surface area contributed by atoms with E-state index in [9.17, 15) is 9.18 Å². The Morgan fingerprint density at radius 1 is 1.18 bits per heavy atom. The van der Waals surface area contributed by atoms with Crippen LogP contribution in [0.5, 0.6) is 11.5 Å². The van der Waals surface area contributed by atoms with Crippen LogP contribution >= 0.6 is 0 Å². The fourth-order valence-corrected chi connectivity index (χ4v) is 4.74. The molecule has 5 nitrogen and oxygen atoms in total. The zero-order chi connectivity index (χ0) is 24.4. The number of halogens is 1. The van der Waals surface area contributed by atoms with Gasteiger partial charge in [-0.15, -0.1) is 0 Å². The quantitative estimate of drug-likeness (QED) is 0.549. The number of benzene rings is 2. The van der Waals surface area contributed by atoms with Crippen LogP contribution in [-0.4, -0.2) is 32.5 Å². The summed E-state index contributed by atoms with van der Waals surface area (Å²) in [6, 6.07) is 12.6. The Kier molecular flexibility index (Phi) is 6.82. The summed E-state index contributed by atoms with van der Waals surface area (Å²) in [4.78, 5) is 12.8. The molecule has 3 aromatic rings. The summed E-state index contributed by atoms with van der Waals surface area (Å²) in [5.41, 5.74) is 5.48. The Morgan fingerprint density at radius 3 is 2.50 bits per heavy atom. The van der Waals surface area contributed by atoms with E-state index >= 15 is 0 Å². The highest BCUT2D eigenvalue weighted by atomic mass is 19.1. The summed E-state index contributed by atoms with van der Waals surface area (Å²) in [6.07, 6.45) is 4.29. The number of allylic oxidation sites excluding steroid dienone is 1. The molecule has 1 aromatic heterocycles. The number of aryl methyl sites for hydroxylation is 1. The first-order valence-corrected chi connectivity index (χ1v) is 11.3. The standard InChI is InChI=1S/C27H29BFN2O3/c1-16-21(10-17-11-24(33-3)27(28)25(12-17)34-4)20-8-7-18(29)13-23(20)22(16)14-26(32)30-15-19-6-5-9-31(19)2/h5-13,16,22,28H,14-15H2,1-4H3,(H,30,32)/b21-10-. The van der Waals surface area contributed by atoms with Gasteiger partial charge in [-0.2, -0.15) is 0 Å². The molecule has 0 bridgehead atoms. The van der Waals surface area contributed by atoms with Crippen molar-refractivity contribution in [1.82, 2.24) is 9.88 Å². The van der Waals surface area contributed by atoms with Gasteiger partial charge < -0.3 is 19.4 Å². The number of carbonyl (C=O) groups excluding carboxylic acids is 1. The van der Waals surface area contributed by atoms with Gasteiger partial charge >= 0.3 is 0 Å². The van der Waals surface area contributed by atoms with E-state index in [2.05, 4.69) is 26.2 Å². The lowest BCUT2D eigenvalue weighted by Crippen LogP contribution is -2.26. The first-order chi connectivity index (χ1) is 16.3. The molecule has 2 atom stereocenters. The van der Waals surface area contributed by atoms with E-state index < -0.39 is 0 Å². The molecule has 1 amide bonds. The Morgan fingerprint density at radius 2 is 1.88 bits per heavy atom. The summed E-state index contributed by atoms with van der Waals surface area (Å²) < 4.78 is 27.1. The first-order valence-electron chi connectivity index (χ1n) is 11.3. The lowest BCUT2D eigenvalue weighted by atomic mass is 9.88. The minimum atomic E-state index is -0.300. The van der Waals surface area contributed by atoms with Gasteiger partial charge in [0.1, 0.15) is 25.2 Å². The summed E-state index contributed by atoms with van der Waals surface area (Å²) in [6.45, 7) is 2.54. The van der Waals surface area contributed by atoms with E-state index in [0.717, 1.165) is 28.0 Å². The average Bonchev–Trinajstić information content (AvgIpc) is 3.34. The van der Waals surface area contributed by atoms with E-state index in [1.165, 1.54) is 6.07 Å². The van der Waals surface area contributed by atoms with Gasteiger partial charge in [0.25, 0.3) is 0 Å². The molecule has 4 rings (SSSR count). The maximum Gasteiger partial charge on any atom is 0.220 e. The second kappa shape index (κ2) is 9.79. The normalized spacial score (nSPS) is 18.1. The van der Waals surface area contributed by atoms with Crippen molar-refractivity contribution in [2.24, 2.45) is 13.0 Å². The third kappa shape index (κ3) is 4.60. The molecular formula is C27H29BFN2O3. The third-order valence-electron chi connectivity index (χ3n) is 6.69. The summed E-state index contributed by atoms with van der Waals surface area (Å²) in [5.74, 6) is 0.807. The number of fused-ring (bicyclic) bond motifs is 1. The van der Waals surface area contributed by atoms with E-state index in [0.29, 0.717) is 23.5 Å². The fraction of sp³-hybridized carbons (Fsp3) is 0.296. The molecule has 1 heterocycles. The van der Waals surface area contributed by atoms with Gasteiger partial charge in [0, 0.05) is 25.4 Å². The molecule has 1 N–H and O–H groups in total. The van der Waals surface area contributed by atoms with Gasteiger partial charge in [-0.05, 0) is 76.0 Å². The highest BCUT2D eigenvalue weighted by Crippen LogP contribution is 2.48. The van der Waals surface area contributed by atoms with Crippen molar-refractivity contribution in [2.75, 3.05) is 14.2 Å². The van der Waals surface area contributed by atoms with Crippen molar-refractivity contribution >= 4 is 30.9 Å². The molecule has 1 radical (unpaired) electrons. The molecular weight excluding hydrogens is 430 g/mol. The van der Waals surface area contributed by atoms with Crippen molar-refractivity contribution in [3.05, 3.63) is 76.9 Å². The maximum absolute atomic E-state index is 14.2. The SMILES string of the molecule is [BH]c1c(OC)cc(/C=C2\c3ccc(F)cc3C(CC(=O)NCc3cccn3C)C2C)cc1OC. The third-order valence-corrected chi connectivity index (χ3v) is 6.69. The molecule has 1 aliphatic carbocycles. The van der Waals surface area contributed by atoms with Crippen molar-refractivity contribution in [2.45, 2.75) is 25.8 Å². The van der Waals surface area contributed by atoms with Crippen molar-refractivity contribution in [3.63, 3.8) is 0 Å². The summed E-state index contributed by atoms with van der Waals surface area (Å²) in [7, 11) is 9.17. The topological polar surface area (TPSA) is 52.5 Å².